The molecular formula is C14H19N3O2S2. The largest absolute Gasteiger partial charge is 0.397 e. The molecule has 1 heterocycles. The van der Waals surface area contributed by atoms with Gasteiger partial charge in [0.25, 0.3) is 0 Å². The van der Waals surface area contributed by atoms with E-state index in [4.69, 9.17) is 5.73 Å². The van der Waals surface area contributed by atoms with Crippen LogP contribution >= 0.6 is 11.3 Å². The zero-order chi connectivity index (χ0) is 15.6. The van der Waals surface area contributed by atoms with E-state index in [1.54, 1.807) is 23.5 Å². The molecule has 0 fully saturated rings. The molecule has 0 atom stereocenters. The first-order chi connectivity index (χ1) is 9.82. The van der Waals surface area contributed by atoms with Crippen LogP contribution in [-0.4, -0.2) is 26.8 Å². The first-order valence-electron chi connectivity index (χ1n) is 6.41. The summed E-state index contributed by atoms with van der Waals surface area (Å²) in [5.41, 5.74) is 8.29. The Hall–Kier alpha value is -1.57. The molecule has 0 saturated carbocycles. The van der Waals surface area contributed by atoms with Crippen LogP contribution in [0, 0.1) is 6.92 Å². The lowest BCUT2D eigenvalue weighted by Gasteiger charge is -2.14. The average Bonchev–Trinajstić information content (AvgIpc) is 2.83. The maximum absolute atomic E-state index is 12.1. The number of rotatable bonds is 5. The predicted octanol–water partition coefficient (Wildman–Crippen LogP) is 2.50. The third-order valence-electron chi connectivity index (χ3n) is 3.21. The summed E-state index contributed by atoms with van der Waals surface area (Å²) in [5, 5.41) is 5.24. The number of anilines is 2. The normalized spacial score (nSPS) is 11.8. The van der Waals surface area contributed by atoms with Crippen LogP contribution in [0.2, 0.25) is 0 Å². The lowest BCUT2D eigenvalue weighted by Crippen LogP contribution is -2.22. The molecule has 0 saturated heterocycles. The van der Waals surface area contributed by atoms with Gasteiger partial charge in [0.2, 0.25) is 10.0 Å². The Bertz CT molecular complexity index is 736. The Morgan fingerprint density at radius 1 is 1.29 bits per heavy atom. The molecular weight excluding hydrogens is 306 g/mol. The SMILES string of the molecule is Cc1ccsc1CNc1cc(S(=O)(=O)N(C)C)ccc1N. The van der Waals surface area contributed by atoms with Gasteiger partial charge in [0.05, 0.1) is 16.3 Å². The third kappa shape index (κ3) is 3.37. The number of aryl methyl sites for hydroxylation is 1. The van der Waals surface area contributed by atoms with Crippen molar-refractivity contribution in [3.05, 3.63) is 40.1 Å². The van der Waals surface area contributed by atoms with Gasteiger partial charge in [-0.2, -0.15) is 0 Å². The number of nitrogens with two attached hydrogens (primary N) is 1. The molecule has 0 aliphatic carbocycles. The molecule has 2 aromatic rings. The van der Waals surface area contributed by atoms with E-state index in [0.29, 0.717) is 17.9 Å². The fraction of sp³-hybridized carbons (Fsp3) is 0.286. The maximum atomic E-state index is 12.1. The number of hydrogen-bond acceptors (Lipinski definition) is 5. The highest BCUT2D eigenvalue weighted by Crippen LogP contribution is 2.26. The Morgan fingerprint density at radius 3 is 2.57 bits per heavy atom. The van der Waals surface area contributed by atoms with E-state index in [9.17, 15) is 8.42 Å². The smallest absolute Gasteiger partial charge is 0.242 e. The minimum atomic E-state index is -3.46. The van der Waals surface area contributed by atoms with Gasteiger partial charge >= 0.3 is 0 Å². The van der Waals surface area contributed by atoms with Crippen LogP contribution in [0.1, 0.15) is 10.4 Å². The monoisotopic (exact) mass is 325 g/mol. The molecule has 114 valence electrons. The number of thiophene rings is 1. The van der Waals surface area contributed by atoms with Crippen LogP contribution < -0.4 is 11.1 Å². The predicted molar refractivity (Wildman–Crippen MR) is 88.1 cm³/mol. The first-order valence-corrected chi connectivity index (χ1v) is 8.73. The summed E-state index contributed by atoms with van der Waals surface area (Å²) >= 11 is 1.66. The molecule has 1 aromatic heterocycles. The van der Waals surface area contributed by atoms with Crippen LogP contribution in [-0.2, 0) is 16.6 Å². The molecule has 2 rings (SSSR count). The van der Waals surface area contributed by atoms with Crippen LogP contribution in [0.4, 0.5) is 11.4 Å². The number of nitrogens with one attached hydrogen (secondary N) is 1. The van der Waals surface area contributed by atoms with Gasteiger partial charge < -0.3 is 11.1 Å². The zero-order valence-electron chi connectivity index (χ0n) is 12.3. The van der Waals surface area contributed by atoms with Crippen molar-refractivity contribution in [2.45, 2.75) is 18.4 Å². The highest BCUT2D eigenvalue weighted by molar-refractivity contribution is 7.89. The summed E-state index contributed by atoms with van der Waals surface area (Å²) in [5.74, 6) is 0. The molecule has 0 spiro atoms. The van der Waals surface area contributed by atoms with Gasteiger partial charge in [0, 0.05) is 25.5 Å². The second-order valence-electron chi connectivity index (χ2n) is 4.92. The van der Waals surface area contributed by atoms with E-state index in [1.165, 1.54) is 34.9 Å². The van der Waals surface area contributed by atoms with Crippen molar-refractivity contribution in [2.75, 3.05) is 25.1 Å². The first kappa shape index (κ1) is 15.8. The van der Waals surface area contributed by atoms with Gasteiger partial charge in [-0.05, 0) is 42.1 Å². The van der Waals surface area contributed by atoms with E-state index in [0.717, 1.165) is 0 Å². The molecule has 21 heavy (non-hydrogen) atoms. The van der Waals surface area contributed by atoms with Crippen molar-refractivity contribution < 1.29 is 8.42 Å². The molecule has 5 nitrogen and oxygen atoms in total. The zero-order valence-corrected chi connectivity index (χ0v) is 13.9. The molecule has 0 radical (unpaired) electrons. The quantitative estimate of drug-likeness (QED) is 0.828. The van der Waals surface area contributed by atoms with E-state index < -0.39 is 10.0 Å². The second-order valence-corrected chi connectivity index (χ2v) is 8.07. The number of hydrogen-bond donors (Lipinski definition) is 2. The Kier molecular flexibility index (Phi) is 4.55. The Balaban J connectivity index is 2.26. The topological polar surface area (TPSA) is 75.4 Å². The minimum Gasteiger partial charge on any atom is -0.397 e. The third-order valence-corrected chi connectivity index (χ3v) is 6.04. The average molecular weight is 325 g/mol. The molecule has 3 N–H and O–H groups in total. The summed E-state index contributed by atoms with van der Waals surface area (Å²) < 4.78 is 25.5. The van der Waals surface area contributed by atoms with Gasteiger partial charge in [-0.25, -0.2) is 12.7 Å². The Labute approximate surface area is 129 Å². The summed E-state index contributed by atoms with van der Waals surface area (Å²) in [4.78, 5) is 1.43. The number of nitrogen functional groups attached to an aromatic ring is 1. The van der Waals surface area contributed by atoms with Crippen LogP contribution in [0.25, 0.3) is 0 Å². The lowest BCUT2D eigenvalue weighted by molar-refractivity contribution is 0.521. The molecule has 0 bridgehead atoms. The van der Waals surface area contributed by atoms with Crippen LogP contribution in [0.15, 0.2) is 34.5 Å². The number of nitrogens with zero attached hydrogens (tertiary/aromatic N) is 1. The van der Waals surface area contributed by atoms with Crippen molar-refractivity contribution in [1.29, 1.82) is 0 Å². The fourth-order valence-corrected chi connectivity index (χ4v) is 3.59. The summed E-state index contributed by atoms with van der Waals surface area (Å²) in [6, 6.07) is 6.76. The molecule has 7 heteroatoms. The van der Waals surface area contributed by atoms with Crippen molar-refractivity contribution >= 4 is 32.7 Å². The van der Waals surface area contributed by atoms with Gasteiger partial charge in [0.1, 0.15) is 0 Å². The summed E-state index contributed by atoms with van der Waals surface area (Å²) in [7, 11) is -0.441. The Morgan fingerprint density at radius 2 is 2.00 bits per heavy atom. The van der Waals surface area contributed by atoms with Crippen molar-refractivity contribution in [3.63, 3.8) is 0 Å². The lowest BCUT2D eigenvalue weighted by atomic mass is 10.2. The number of benzene rings is 1. The van der Waals surface area contributed by atoms with E-state index in [-0.39, 0.29) is 4.90 Å². The van der Waals surface area contributed by atoms with Crippen molar-refractivity contribution in [3.8, 4) is 0 Å². The highest BCUT2D eigenvalue weighted by Gasteiger charge is 2.18. The summed E-state index contributed by atoms with van der Waals surface area (Å²) in [6.45, 7) is 2.67. The van der Waals surface area contributed by atoms with Crippen LogP contribution in [0.3, 0.4) is 0 Å². The van der Waals surface area contributed by atoms with Crippen molar-refractivity contribution in [2.24, 2.45) is 0 Å². The van der Waals surface area contributed by atoms with Gasteiger partial charge in [0.15, 0.2) is 0 Å². The molecule has 1 aromatic carbocycles. The van der Waals surface area contributed by atoms with E-state index in [1.807, 2.05) is 12.3 Å². The number of sulfonamides is 1. The summed E-state index contributed by atoms with van der Waals surface area (Å²) in [6.07, 6.45) is 0. The second kappa shape index (κ2) is 6.05. The molecule has 0 amide bonds. The maximum Gasteiger partial charge on any atom is 0.242 e. The molecule has 0 aliphatic heterocycles. The highest BCUT2D eigenvalue weighted by atomic mass is 32.2. The van der Waals surface area contributed by atoms with Gasteiger partial charge in [-0.15, -0.1) is 11.3 Å². The molecule has 0 unspecified atom stereocenters. The fourth-order valence-electron chi connectivity index (χ4n) is 1.82. The van der Waals surface area contributed by atoms with Crippen molar-refractivity contribution in [1.82, 2.24) is 4.31 Å². The standard InChI is InChI=1S/C14H19N3O2S2/c1-10-6-7-20-14(10)9-16-13-8-11(4-5-12(13)15)21(18,19)17(2)3/h4-8,16H,9,15H2,1-3H3. The van der Waals surface area contributed by atoms with E-state index >= 15 is 0 Å². The van der Waals surface area contributed by atoms with Gasteiger partial charge in [-0.3, -0.25) is 0 Å². The van der Waals surface area contributed by atoms with E-state index in [2.05, 4.69) is 11.4 Å². The minimum absolute atomic E-state index is 0.229. The van der Waals surface area contributed by atoms with Gasteiger partial charge in [-0.1, -0.05) is 0 Å². The van der Waals surface area contributed by atoms with Crippen LogP contribution in [0.5, 0.6) is 0 Å². The molecule has 0 aliphatic rings.